The van der Waals surface area contributed by atoms with Gasteiger partial charge in [0.1, 0.15) is 0 Å². The summed E-state index contributed by atoms with van der Waals surface area (Å²) >= 11 is 0. The lowest BCUT2D eigenvalue weighted by Crippen LogP contribution is -2.26. The number of pyridine rings is 1. The molecule has 0 unspecified atom stereocenters. The van der Waals surface area contributed by atoms with Crippen molar-refractivity contribution in [3.8, 4) is 5.75 Å². The zero-order chi connectivity index (χ0) is 23.6. The minimum atomic E-state index is -0.373. The van der Waals surface area contributed by atoms with E-state index in [0.29, 0.717) is 12.3 Å². The lowest BCUT2D eigenvalue weighted by molar-refractivity contribution is 0.170. The van der Waals surface area contributed by atoms with E-state index >= 15 is 0 Å². The van der Waals surface area contributed by atoms with Crippen molar-refractivity contribution in [2.45, 2.75) is 83.6 Å². The molecule has 184 valence electrons. The Hall–Kier alpha value is -1.66. The predicted molar refractivity (Wildman–Crippen MR) is 134 cm³/mol. The minimum Gasteiger partial charge on any atom is -0.408 e. The highest BCUT2D eigenvalue weighted by Gasteiger charge is 2.13. The monoisotopic (exact) mass is 448 g/mol. The Labute approximate surface area is 197 Å². The third-order valence-corrected chi connectivity index (χ3v) is 5.73. The lowest BCUT2D eigenvalue weighted by atomic mass is 10.0. The van der Waals surface area contributed by atoms with E-state index in [4.69, 9.17) is 4.74 Å². The Morgan fingerprint density at radius 3 is 1.78 bits per heavy atom. The highest BCUT2D eigenvalue weighted by molar-refractivity contribution is 5.70. The zero-order valence-corrected chi connectivity index (χ0v) is 21.4. The van der Waals surface area contributed by atoms with Crippen molar-refractivity contribution in [1.82, 2.24) is 19.7 Å². The normalized spacial score (nSPS) is 11.3. The number of aromatic nitrogens is 1. The first kappa shape index (κ1) is 28.4. The quantitative estimate of drug-likeness (QED) is 0.265. The molecule has 1 aromatic heterocycles. The van der Waals surface area contributed by atoms with Crippen molar-refractivity contribution < 1.29 is 9.53 Å². The van der Waals surface area contributed by atoms with Crippen LogP contribution in [0.15, 0.2) is 18.3 Å². The highest BCUT2D eigenvalue weighted by atomic mass is 16.6. The highest BCUT2D eigenvalue weighted by Crippen LogP contribution is 2.18. The van der Waals surface area contributed by atoms with Crippen molar-refractivity contribution in [2.75, 3.05) is 48.3 Å². The van der Waals surface area contributed by atoms with Crippen molar-refractivity contribution in [1.29, 1.82) is 0 Å². The molecular weight excluding hydrogens is 400 g/mol. The second-order valence-corrected chi connectivity index (χ2v) is 9.49. The average Bonchev–Trinajstić information content (AvgIpc) is 2.75. The maximum Gasteiger partial charge on any atom is 0.414 e. The SMILES string of the molecule is CN(C)CCCCCCCCCCCCCCN(C)Cc1ncccc1OC(=O)N(C)C. The van der Waals surface area contributed by atoms with Crippen LogP contribution in [0, 0.1) is 0 Å². The number of nitrogens with zero attached hydrogens (tertiary/aromatic N) is 4. The first-order chi connectivity index (χ1) is 15.4. The first-order valence-electron chi connectivity index (χ1n) is 12.6. The van der Waals surface area contributed by atoms with Crippen molar-refractivity contribution in [3.05, 3.63) is 24.0 Å². The topological polar surface area (TPSA) is 48.9 Å². The van der Waals surface area contributed by atoms with E-state index in [1.807, 2.05) is 6.07 Å². The smallest absolute Gasteiger partial charge is 0.408 e. The lowest BCUT2D eigenvalue weighted by Gasteiger charge is -2.18. The van der Waals surface area contributed by atoms with E-state index in [1.54, 1.807) is 26.4 Å². The summed E-state index contributed by atoms with van der Waals surface area (Å²) in [6.07, 6.45) is 17.7. The average molecular weight is 449 g/mol. The van der Waals surface area contributed by atoms with E-state index in [-0.39, 0.29) is 6.09 Å². The van der Waals surface area contributed by atoms with Crippen LogP contribution in [-0.4, -0.2) is 74.1 Å². The summed E-state index contributed by atoms with van der Waals surface area (Å²) in [7, 11) is 9.77. The van der Waals surface area contributed by atoms with Crippen molar-refractivity contribution >= 4 is 6.09 Å². The maximum atomic E-state index is 11.8. The van der Waals surface area contributed by atoms with Gasteiger partial charge in [-0.1, -0.05) is 64.2 Å². The van der Waals surface area contributed by atoms with Crippen LogP contribution in [0.3, 0.4) is 0 Å². The van der Waals surface area contributed by atoms with Crippen LogP contribution >= 0.6 is 0 Å². The van der Waals surface area contributed by atoms with Gasteiger partial charge in [-0.15, -0.1) is 0 Å². The molecule has 0 spiro atoms. The predicted octanol–water partition coefficient (Wildman–Crippen LogP) is 5.82. The molecule has 1 rings (SSSR count). The summed E-state index contributed by atoms with van der Waals surface area (Å²) in [5, 5.41) is 0. The first-order valence-corrected chi connectivity index (χ1v) is 12.6. The Morgan fingerprint density at radius 1 is 0.781 bits per heavy atom. The molecule has 0 aliphatic heterocycles. The summed E-state index contributed by atoms with van der Waals surface area (Å²) in [5.74, 6) is 0.548. The van der Waals surface area contributed by atoms with Gasteiger partial charge in [-0.2, -0.15) is 0 Å². The molecule has 0 radical (unpaired) electrons. The molecule has 0 aliphatic carbocycles. The minimum absolute atomic E-state index is 0.373. The van der Waals surface area contributed by atoms with Crippen LogP contribution in [0.25, 0.3) is 0 Å². The van der Waals surface area contributed by atoms with Crippen LogP contribution in [0.5, 0.6) is 5.75 Å². The largest absolute Gasteiger partial charge is 0.414 e. The van der Waals surface area contributed by atoms with Gasteiger partial charge in [0.2, 0.25) is 0 Å². The molecule has 1 amide bonds. The number of hydrogen-bond acceptors (Lipinski definition) is 5. The van der Waals surface area contributed by atoms with Gasteiger partial charge in [-0.3, -0.25) is 4.98 Å². The van der Waals surface area contributed by atoms with Crippen LogP contribution < -0.4 is 4.74 Å². The molecular formula is C26H48N4O2. The molecule has 1 aromatic rings. The van der Waals surface area contributed by atoms with Crippen molar-refractivity contribution in [2.24, 2.45) is 0 Å². The fraction of sp³-hybridized carbons (Fsp3) is 0.769. The summed E-state index contributed by atoms with van der Waals surface area (Å²) in [6.45, 7) is 2.95. The van der Waals surface area contributed by atoms with Gasteiger partial charge in [0.25, 0.3) is 0 Å². The van der Waals surface area contributed by atoms with Gasteiger partial charge >= 0.3 is 6.09 Å². The van der Waals surface area contributed by atoms with Crippen LogP contribution in [0.1, 0.15) is 82.7 Å². The third-order valence-electron chi connectivity index (χ3n) is 5.73. The van der Waals surface area contributed by atoms with Crippen molar-refractivity contribution in [3.63, 3.8) is 0 Å². The fourth-order valence-electron chi connectivity index (χ4n) is 3.73. The summed E-state index contributed by atoms with van der Waals surface area (Å²) in [6, 6.07) is 3.61. The van der Waals surface area contributed by atoms with Gasteiger partial charge < -0.3 is 19.4 Å². The number of carbonyl (C=O) groups excluding carboxylic acids is 1. The van der Waals surface area contributed by atoms with Gasteiger partial charge in [0, 0.05) is 26.8 Å². The van der Waals surface area contributed by atoms with E-state index in [2.05, 4.69) is 35.9 Å². The van der Waals surface area contributed by atoms with Crippen LogP contribution in [0.4, 0.5) is 4.79 Å². The number of amides is 1. The molecule has 0 aromatic carbocycles. The molecule has 6 heteroatoms. The number of hydrogen-bond donors (Lipinski definition) is 0. The number of unbranched alkanes of at least 4 members (excludes halogenated alkanes) is 11. The summed E-state index contributed by atoms with van der Waals surface area (Å²) < 4.78 is 5.43. The van der Waals surface area contributed by atoms with Gasteiger partial charge in [0.05, 0.1) is 5.69 Å². The molecule has 6 nitrogen and oxygen atoms in total. The molecule has 0 atom stereocenters. The fourth-order valence-corrected chi connectivity index (χ4v) is 3.73. The Balaban J connectivity index is 2.02. The van der Waals surface area contributed by atoms with E-state index in [0.717, 1.165) is 12.2 Å². The molecule has 1 heterocycles. The van der Waals surface area contributed by atoms with Gasteiger partial charge in [-0.25, -0.2) is 4.79 Å². The molecule has 0 fully saturated rings. The van der Waals surface area contributed by atoms with Crippen LogP contribution in [0.2, 0.25) is 0 Å². The number of carbonyl (C=O) groups is 1. The second-order valence-electron chi connectivity index (χ2n) is 9.49. The molecule has 0 saturated heterocycles. The van der Waals surface area contributed by atoms with Crippen LogP contribution in [-0.2, 0) is 6.54 Å². The summed E-state index contributed by atoms with van der Waals surface area (Å²) in [5.41, 5.74) is 0.808. The summed E-state index contributed by atoms with van der Waals surface area (Å²) in [4.78, 5) is 22.2. The molecule has 32 heavy (non-hydrogen) atoms. The number of rotatable bonds is 18. The standard InChI is InChI=1S/C26H48N4O2/c1-28(2)21-16-14-12-10-8-6-7-9-11-13-15-17-22-30(5)23-24-25(19-18-20-27-24)32-26(31)29(3)4/h18-20H,6-17,21-23H2,1-5H3. The molecule has 0 aliphatic rings. The maximum absolute atomic E-state index is 11.8. The Kier molecular flexibility index (Phi) is 15.8. The molecule has 0 N–H and O–H groups in total. The second kappa shape index (κ2) is 17.8. The zero-order valence-electron chi connectivity index (χ0n) is 21.4. The van der Waals surface area contributed by atoms with E-state index in [9.17, 15) is 4.79 Å². The van der Waals surface area contributed by atoms with Gasteiger partial charge in [-0.05, 0) is 59.2 Å². The molecule has 0 saturated carbocycles. The van der Waals surface area contributed by atoms with E-state index in [1.165, 1.54) is 88.5 Å². The number of ether oxygens (including phenoxy) is 1. The van der Waals surface area contributed by atoms with Gasteiger partial charge in [0.15, 0.2) is 5.75 Å². The van der Waals surface area contributed by atoms with E-state index < -0.39 is 0 Å². The third kappa shape index (κ3) is 14.4. The Morgan fingerprint density at radius 2 is 1.28 bits per heavy atom. The Bertz CT molecular complexity index is 607. The molecule has 0 bridgehead atoms.